The van der Waals surface area contributed by atoms with Crippen LogP contribution in [0.3, 0.4) is 0 Å². The van der Waals surface area contributed by atoms with Crippen LogP contribution in [0.4, 0.5) is 17.1 Å². The van der Waals surface area contributed by atoms with Crippen molar-refractivity contribution in [2.24, 2.45) is 0 Å². The monoisotopic (exact) mass is 502 g/mol. The van der Waals surface area contributed by atoms with Crippen molar-refractivity contribution >= 4 is 52.1 Å². The molecule has 2 aromatic carbocycles. The number of anilines is 3. The maximum Gasteiger partial charge on any atom is 0.305 e. The Morgan fingerprint density at radius 2 is 1.62 bits per heavy atom. The zero-order valence-electron chi connectivity index (χ0n) is 17.7. The quantitative estimate of drug-likeness (QED) is 0.324. The first-order chi connectivity index (χ1) is 16.2. The van der Waals surface area contributed by atoms with E-state index in [2.05, 4.69) is 20.9 Å². The Kier molecular flexibility index (Phi) is 6.85. The number of halogens is 2. The Balaban J connectivity index is 1.52. The molecule has 0 bridgehead atoms. The molecule has 1 saturated carbocycles. The van der Waals surface area contributed by atoms with Crippen LogP contribution in [0.15, 0.2) is 46.2 Å². The van der Waals surface area contributed by atoms with Gasteiger partial charge in [0.1, 0.15) is 11.4 Å². The fraction of sp³-hybridized carbons (Fsp3) is 0.261. The van der Waals surface area contributed by atoms with Crippen molar-refractivity contribution in [3.8, 4) is 0 Å². The number of carboxylic acid groups (broad SMARTS) is 1. The average molecular weight is 503 g/mol. The first-order valence-electron chi connectivity index (χ1n) is 10.5. The van der Waals surface area contributed by atoms with E-state index in [1.54, 1.807) is 12.1 Å². The maximum absolute atomic E-state index is 12.6. The number of aromatic nitrogens is 1. The summed E-state index contributed by atoms with van der Waals surface area (Å²) in [4.78, 5) is 52.1. The largest absolute Gasteiger partial charge is 0.481 e. The second kappa shape index (κ2) is 9.82. The van der Waals surface area contributed by atoms with Crippen LogP contribution in [0.5, 0.6) is 0 Å². The summed E-state index contributed by atoms with van der Waals surface area (Å²) < 4.78 is 0. The lowest BCUT2D eigenvalue weighted by molar-refractivity contribution is -0.137. The van der Waals surface area contributed by atoms with Crippen LogP contribution in [0.2, 0.25) is 10.0 Å². The summed E-state index contributed by atoms with van der Waals surface area (Å²) in [5, 5.41) is 18.3. The molecule has 9 nitrogen and oxygen atoms in total. The molecule has 1 amide bonds. The summed E-state index contributed by atoms with van der Waals surface area (Å²) in [7, 11) is 0. The van der Waals surface area contributed by atoms with Gasteiger partial charge in [-0.05, 0) is 37.0 Å². The predicted molar refractivity (Wildman–Crippen MR) is 130 cm³/mol. The zero-order valence-corrected chi connectivity index (χ0v) is 19.2. The SMILES string of the molecule is O=C(O)CC(Nc1c(NC2CCC2)c(=O)c1=O)c1ccc(C(=O)Nc2c(Cl)cncc2Cl)cc1. The molecule has 0 radical (unpaired) electrons. The van der Waals surface area contributed by atoms with E-state index in [0.717, 1.165) is 19.3 Å². The molecule has 4 rings (SSSR count). The van der Waals surface area contributed by atoms with Gasteiger partial charge < -0.3 is 21.1 Å². The van der Waals surface area contributed by atoms with Crippen molar-refractivity contribution in [2.45, 2.75) is 37.8 Å². The molecular weight excluding hydrogens is 483 g/mol. The molecule has 1 unspecified atom stereocenters. The van der Waals surface area contributed by atoms with Crippen LogP contribution in [0.1, 0.15) is 47.6 Å². The number of rotatable bonds is 9. The highest BCUT2D eigenvalue weighted by Gasteiger charge is 2.28. The molecule has 1 heterocycles. The normalized spacial score (nSPS) is 14.3. The maximum atomic E-state index is 12.6. The molecule has 1 atom stereocenters. The number of carbonyl (C=O) groups excluding carboxylic acids is 1. The van der Waals surface area contributed by atoms with E-state index < -0.39 is 28.8 Å². The minimum absolute atomic E-state index is 0.0898. The van der Waals surface area contributed by atoms with Gasteiger partial charge in [-0.25, -0.2) is 0 Å². The van der Waals surface area contributed by atoms with Gasteiger partial charge in [0.25, 0.3) is 16.8 Å². The number of benzene rings is 1. The first kappa shape index (κ1) is 23.7. The van der Waals surface area contributed by atoms with E-state index in [1.807, 2.05) is 0 Å². The number of carbonyl (C=O) groups is 2. The molecule has 1 aliphatic rings. The second-order valence-corrected chi connectivity index (χ2v) is 8.84. The standard InChI is InChI=1S/C23H20Cl2N4O5/c24-14-9-26-10-15(25)18(14)29-23(34)12-6-4-11(5-7-12)16(8-17(30)31)28-20-19(21(32)22(20)33)27-13-2-1-3-13/h4-7,9-10,13,16,27-28H,1-3,8H2,(H,30,31)(H,26,29,34). The summed E-state index contributed by atoms with van der Waals surface area (Å²) in [6, 6.07) is 5.54. The third-order valence-electron chi connectivity index (χ3n) is 5.73. The number of hydrogen-bond acceptors (Lipinski definition) is 7. The number of amides is 1. The number of nitrogens with one attached hydrogen (secondary N) is 3. The molecule has 1 aliphatic carbocycles. The van der Waals surface area contributed by atoms with Crippen LogP contribution in [0.25, 0.3) is 0 Å². The van der Waals surface area contributed by atoms with E-state index in [0.29, 0.717) is 5.56 Å². The van der Waals surface area contributed by atoms with Crippen LogP contribution >= 0.6 is 23.2 Å². The van der Waals surface area contributed by atoms with E-state index in [1.165, 1.54) is 24.5 Å². The Labute approximate surface area is 203 Å². The summed E-state index contributed by atoms with van der Waals surface area (Å²) in [6.45, 7) is 0. The highest BCUT2D eigenvalue weighted by atomic mass is 35.5. The highest BCUT2D eigenvalue weighted by molar-refractivity contribution is 6.39. The Morgan fingerprint density at radius 1 is 1.00 bits per heavy atom. The van der Waals surface area contributed by atoms with E-state index in [-0.39, 0.29) is 45.1 Å². The lowest BCUT2D eigenvalue weighted by Gasteiger charge is -2.29. The molecule has 1 aromatic heterocycles. The van der Waals surface area contributed by atoms with Crippen molar-refractivity contribution in [3.63, 3.8) is 0 Å². The minimum atomic E-state index is -1.09. The third-order valence-corrected chi connectivity index (χ3v) is 6.30. The summed E-state index contributed by atoms with van der Waals surface area (Å²) in [5.74, 6) is -1.56. The summed E-state index contributed by atoms with van der Waals surface area (Å²) in [6.07, 6.45) is 5.24. The molecule has 4 N–H and O–H groups in total. The van der Waals surface area contributed by atoms with Gasteiger partial charge in [0, 0.05) is 24.0 Å². The Morgan fingerprint density at radius 3 is 2.18 bits per heavy atom. The van der Waals surface area contributed by atoms with Gasteiger partial charge in [0.15, 0.2) is 0 Å². The van der Waals surface area contributed by atoms with Gasteiger partial charge in [-0.15, -0.1) is 0 Å². The molecule has 0 spiro atoms. The van der Waals surface area contributed by atoms with Gasteiger partial charge in [0.05, 0.1) is 28.2 Å². The average Bonchev–Trinajstić information content (AvgIpc) is 2.78. The van der Waals surface area contributed by atoms with Gasteiger partial charge in [-0.2, -0.15) is 0 Å². The van der Waals surface area contributed by atoms with Crippen molar-refractivity contribution in [1.29, 1.82) is 0 Å². The van der Waals surface area contributed by atoms with E-state index >= 15 is 0 Å². The zero-order chi connectivity index (χ0) is 24.4. The second-order valence-electron chi connectivity index (χ2n) is 8.03. The van der Waals surface area contributed by atoms with Gasteiger partial charge in [-0.1, -0.05) is 35.3 Å². The minimum Gasteiger partial charge on any atom is -0.481 e. The first-order valence-corrected chi connectivity index (χ1v) is 11.3. The number of pyridine rings is 1. The third kappa shape index (κ3) is 4.90. The van der Waals surface area contributed by atoms with Crippen molar-refractivity contribution in [1.82, 2.24) is 4.98 Å². The number of nitrogens with zero attached hydrogens (tertiary/aromatic N) is 1. The van der Waals surface area contributed by atoms with Gasteiger partial charge in [0.2, 0.25) is 0 Å². The molecule has 3 aromatic rings. The lowest BCUT2D eigenvalue weighted by Crippen LogP contribution is -2.41. The van der Waals surface area contributed by atoms with Crippen LogP contribution in [0, 0.1) is 0 Å². The molecule has 1 fully saturated rings. The molecular formula is C23H20Cl2N4O5. The summed E-state index contributed by atoms with van der Waals surface area (Å²) >= 11 is 12.1. The molecule has 176 valence electrons. The number of aliphatic carboxylic acids is 1. The van der Waals surface area contributed by atoms with Gasteiger partial charge >= 0.3 is 5.97 Å². The Hall–Kier alpha value is -3.43. The number of carboxylic acids is 1. The van der Waals surface area contributed by atoms with Crippen LogP contribution < -0.4 is 26.8 Å². The smallest absolute Gasteiger partial charge is 0.305 e. The highest BCUT2D eigenvalue weighted by Crippen LogP contribution is 2.31. The fourth-order valence-corrected chi connectivity index (χ4v) is 4.07. The van der Waals surface area contributed by atoms with E-state index in [9.17, 15) is 24.3 Å². The fourth-order valence-electron chi connectivity index (χ4n) is 3.61. The van der Waals surface area contributed by atoms with Crippen molar-refractivity contribution in [2.75, 3.05) is 16.0 Å². The van der Waals surface area contributed by atoms with Crippen LogP contribution in [-0.2, 0) is 4.79 Å². The Bertz CT molecular complexity index is 1290. The molecule has 0 saturated heterocycles. The van der Waals surface area contributed by atoms with Crippen molar-refractivity contribution < 1.29 is 14.7 Å². The van der Waals surface area contributed by atoms with Gasteiger partial charge in [-0.3, -0.25) is 24.2 Å². The lowest BCUT2D eigenvalue weighted by atomic mass is 9.92. The molecule has 0 aliphatic heterocycles. The molecule has 11 heteroatoms. The topological polar surface area (TPSA) is 137 Å². The summed E-state index contributed by atoms with van der Waals surface area (Å²) in [5.41, 5.74) is 0.0385. The molecule has 34 heavy (non-hydrogen) atoms. The number of hydrogen-bond donors (Lipinski definition) is 4. The van der Waals surface area contributed by atoms with E-state index in [4.69, 9.17) is 23.2 Å². The van der Waals surface area contributed by atoms with Crippen LogP contribution in [-0.4, -0.2) is 28.0 Å². The van der Waals surface area contributed by atoms with Crippen molar-refractivity contribution in [3.05, 3.63) is 78.3 Å². The predicted octanol–water partition coefficient (Wildman–Crippen LogP) is 3.83.